The van der Waals surface area contributed by atoms with E-state index in [1.165, 1.54) is 43.2 Å². The van der Waals surface area contributed by atoms with Gasteiger partial charge in [-0.2, -0.15) is 0 Å². The van der Waals surface area contributed by atoms with Crippen molar-refractivity contribution in [1.29, 1.82) is 0 Å². The molecule has 0 N–H and O–H groups in total. The van der Waals surface area contributed by atoms with Crippen LogP contribution in [-0.4, -0.2) is 29.3 Å². The summed E-state index contributed by atoms with van der Waals surface area (Å²) in [6.45, 7) is 0.962. The van der Waals surface area contributed by atoms with Crippen molar-refractivity contribution in [2.24, 2.45) is 0 Å². The van der Waals surface area contributed by atoms with Crippen molar-refractivity contribution in [2.45, 2.75) is 44.2 Å². The van der Waals surface area contributed by atoms with E-state index in [1.807, 2.05) is 30.3 Å². The van der Waals surface area contributed by atoms with E-state index in [4.69, 9.17) is 0 Å². The first-order chi connectivity index (χ1) is 11.3. The van der Waals surface area contributed by atoms with Crippen molar-refractivity contribution < 1.29 is 4.79 Å². The van der Waals surface area contributed by atoms with Crippen molar-refractivity contribution in [3.8, 4) is 11.1 Å². The molecule has 118 valence electrons. The molecule has 0 spiro atoms. The van der Waals surface area contributed by atoms with Crippen molar-refractivity contribution in [1.82, 2.24) is 4.90 Å². The number of carbonyl (C=O) groups is 1. The van der Waals surface area contributed by atoms with Crippen LogP contribution in [0.1, 0.15) is 42.5 Å². The standard InChI is InChI=1S/C21H23NO/c23-21(20-15-22(20)19-9-5-2-6-10-19)18-13-11-17(12-14-18)16-7-3-1-4-8-16/h1,3-4,7-8,11-14,19-20H,2,5-6,9-10,15H2. The Bertz CT molecular complexity index is 671. The third-order valence-electron chi connectivity index (χ3n) is 5.27. The van der Waals surface area contributed by atoms with E-state index >= 15 is 0 Å². The summed E-state index contributed by atoms with van der Waals surface area (Å²) in [5, 5.41) is 0. The van der Waals surface area contributed by atoms with Crippen LogP contribution in [0.25, 0.3) is 11.1 Å². The van der Waals surface area contributed by atoms with E-state index in [0.29, 0.717) is 11.8 Å². The first-order valence-corrected chi connectivity index (χ1v) is 8.78. The zero-order valence-corrected chi connectivity index (χ0v) is 13.4. The molecule has 2 fully saturated rings. The predicted octanol–water partition coefficient (Wildman–Crippen LogP) is 4.55. The second-order valence-corrected chi connectivity index (χ2v) is 6.81. The number of nitrogens with zero attached hydrogens (tertiary/aromatic N) is 1. The minimum Gasteiger partial charge on any atom is -0.292 e. The molecule has 1 saturated carbocycles. The maximum atomic E-state index is 12.7. The van der Waals surface area contributed by atoms with Crippen molar-refractivity contribution >= 4 is 5.78 Å². The molecule has 23 heavy (non-hydrogen) atoms. The van der Waals surface area contributed by atoms with Crippen LogP contribution in [0.3, 0.4) is 0 Å². The summed E-state index contributed by atoms with van der Waals surface area (Å²) >= 11 is 0. The van der Waals surface area contributed by atoms with Crippen LogP contribution in [0.4, 0.5) is 0 Å². The molecule has 2 unspecified atom stereocenters. The van der Waals surface area contributed by atoms with E-state index < -0.39 is 0 Å². The number of benzene rings is 2. The van der Waals surface area contributed by atoms with E-state index in [1.54, 1.807) is 0 Å². The average Bonchev–Trinajstić information content (AvgIpc) is 3.44. The third kappa shape index (κ3) is 3.09. The number of hydrogen-bond donors (Lipinski definition) is 0. The van der Waals surface area contributed by atoms with Gasteiger partial charge in [-0.15, -0.1) is 0 Å². The lowest BCUT2D eigenvalue weighted by molar-refractivity contribution is 0.0963. The van der Waals surface area contributed by atoms with Gasteiger partial charge in [-0.1, -0.05) is 73.9 Å². The molecular formula is C21H23NO. The van der Waals surface area contributed by atoms with Gasteiger partial charge in [-0.25, -0.2) is 0 Å². The summed E-state index contributed by atoms with van der Waals surface area (Å²) in [5.74, 6) is 0.301. The molecule has 2 nitrogen and oxygen atoms in total. The van der Waals surface area contributed by atoms with E-state index in [0.717, 1.165) is 12.1 Å². The maximum Gasteiger partial charge on any atom is 0.181 e. The van der Waals surface area contributed by atoms with Crippen molar-refractivity contribution in [3.63, 3.8) is 0 Å². The number of carbonyl (C=O) groups excluding carboxylic acids is 1. The fraction of sp³-hybridized carbons (Fsp3) is 0.381. The van der Waals surface area contributed by atoms with E-state index in [9.17, 15) is 4.79 Å². The van der Waals surface area contributed by atoms with Crippen LogP contribution in [0.5, 0.6) is 0 Å². The van der Waals surface area contributed by atoms with E-state index in [-0.39, 0.29) is 6.04 Å². The molecule has 1 aliphatic heterocycles. The molecule has 1 aliphatic carbocycles. The van der Waals surface area contributed by atoms with Gasteiger partial charge >= 0.3 is 0 Å². The number of hydrogen-bond acceptors (Lipinski definition) is 2. The van der Waals surface area contributed by atoms with Crippen LogP contribution < -0.4 is 0 Å². The van der Waals surface area contributed by atoms with Crippen LogP contribution in [0.2, 0.25) is 0 Å². The van der Waals surface area contributed by atoms with Gasteiger partial charge in [0.25, 0.3) is 0 Å². The van der Waals surface area contributed by atoms with Gasteiger partial charge in [0.2, 0.25) is 0 Å². The highest BCUT2D eigenvalue weighted by atomic mass is 16.1. The quantitative estimate of drug-likeness (QED) is 0.610. The summed E-state index contributed by atoms with van der Waals surface area (Å²) in [6, 6.07) is 19.2. The van der Waals surface area contributed by atoms with Gasteiger partial charge in [0.1, 0.15) is 0 Å². The summed E-state index contributed by atoms with van der Waals surface area (Å²) in [6.07, 6.45) is 6.57. The molecule has 0 amide bonds. The van der Waals surface area contributed by atoms with Gasteiger partial charge in [-0.3, -0.25) is 9.69 Å². The predicted molar refractivity (Wildman–Crippen MR) is 93.6 cm³/mol. The van der Waals surface area contributed by atoms with Crippen molar-refractivity contribution in [3.05, 3.63) is 60.2 Å². The molecular weight excluding hydrogens is 282 g/mol. The Hall–Kier alpha value is -1.93. The summed E-state index contributed by atoms with van der Waals surface area (Å²) in [4.78, 5) is 15.1. The summed E-state index contributed by atoms with van der Waals surface area (Å²) < 4.78 is 0. The highest BCUT2D eigenvalue weighted by Gasteiger charge is 2.44. The number of rotatable bonds is 4. The molecule has 4 rings (SSSR count). The zero-order chi connectivity index (χ0) is 15.6. The summed E-state index contributed by atoms with van der Waals surface area (Å²) in [5.41, 5.74) is 3.22. The minimum absolute atomic E-state index is 0.140. The van der Waals surface area contributed by atoms with E-state index in [2.05, 4.69) is 29.2 Å². The Morgan fingerprint density at radius 1 is 0.826 bits per heavy atom. The number of ketones is 1. The molecule has 0 aromatic heterocycles. The summed E-state index contributed by atoms with van der Waals surface area (Å²) in [7, 11) is 0. The molecule has 2 heteroatoms. The van der Waals surface area contributed by atoms with Gasteiger partial charge in [0.05, 0.1) is 6.04 Å². The average molecular weight is 305 g/mol. The first-order valence-electron chi connectivity index (χ1n) is 8.78. The SMILES string of the molecule is O=C(c1ccc(-c2ccccc2)cc1)C1CN1C1CCCCC1. The van der Waals surface area contributed by atoms with Gasteiger partial charge in [0.15, 0.2) is 5.78 Å². The lowest BCUT2D eigenvalue weighted by Crippen LogP contribution is -2.26. The maximum absolute atomic E-state index is 12.7. The Balaban J connectivity index is 1.43. The molecule has 1 saturated heterocycles. The smallest absolute Gasteiger partial charge is 0.181 e. The molecule has 0 bridgehead atoms. The second kappa shape index (κ2) is 6.29. The zero-order valence-electron chi connectivity index (χ0n) is 13.4. The van der Waals surface area contributed by atoms with Crippen LogP contribution >= 0.6 is 0 Å². The Labute approximate surface area is 138 Å². The highest BCUT2D eigenvalue weighted by molar-refractivity contribution is 6.02. The van der Waals surface area contributed by atoms with Crippen LogP contribution in [-0.2, 0) is 0 Å². The fourth-order valence-electron chi connectivity index (χ4n) is 3.85. The third-order valence-corrected chi connectivity index (χ3v) is 5.27. The first kappa shape index (κ1) is 14.6. The Morgan fingerprint density at radius 2 is 1.48 bits per heavy atom. The Morgan fingerprint density at radius 3 is 2.17 bits per heavy atom. The topological polar surface area (TPSA) is 20.1 Å². The molecule has 2 aromatic carbocycles. The highest BCUT2D eigenvalue weighted by Crippen LogP contribution is 2.33. The Kier molecular flexibility index (Phi) is 4.00. The minimum atomic E-state index is 0.140. The molecule has 2 aromatic rings. The van der Waals surface area contributed by atoms with Gasteiger partial charge in [-0.05, 0) is 24.0 Å². The normalized spacial score (nSPS) is 24.3. The van der Waals surface area contributed by atoms with Gasteiger partial charge in [0, 0.05) is 18.2 Å². The molecule has 1 heterocycles. The number of Topliss-reactive ketones (excluding diaryl/α,β-unsaturated/α-hetero) is 1. The largest absolute Gasteiger partial charge is 0.292 e. The molecule has 0 radical (unpaired) electrons. The monoisotopic (exact) mass is 305 g/mol. The van der Waals surface area contributed by atoms with Crippen LogP contribution in [0.15, 0.2) is 54.6 Å². The van der Waals surface area contributed by atoms with Gasteiger partial charge < -0.3 is 0 Å². The molecule has 2 aliphatic rings. The second-order valence-electron chi connectivity index (χ2n) is 6.81. The fourth-order valence-corrected chi connectivity index (χ4v) is 3.85. The molecule has 2 atom stereocenters. The van der Waals surface area contributed by atoms with Crippen LogP contribution in [0, 0.1) is 0 Å². The lowest BCUT2D eigenvalue weighted by Gasteiger charge is -2.23. The van der Waals surface area contributed by atoms with Crippen molar-refractivity contribution in [2.75, 3.05) is 6.54 Å². The lowest BCUT2D eigenvalue weighted by atomic mass is 9.95.